The van der Waals surface area contributed by atoms with Gasteiger partial charge in [0.05, 0.1) is 6.54 Å². The molecule has 3 heteroatoms. The molecule has 0 saturated carbocycles. The summed E-state index contributed by atoms with van der Waals surface area (Å²) < 4.78 is 0. The zero-order valence-corrected chi connectivity index (χ0v) is 10.2. The minimum absolute atomic E-state index is 0.0407. The molecule has 1 aliphatic heterocycles. The van der Waals surface area contributed by atoms with Gasteiger partial charge in [-0.05, 0) is 19.4 Å². The van der Waals surface area contributed by atoms with E-state index in [1.54, 1.807) is 4.90 Å². The standard InChI is InChI=1S/C14H17NO2/c1-10(16)9-15-11(2)13(8-14(15)17)12-6-4-3-5-7-12/h3-7,11,13H,8-9H2,1-2H3/t11-,13-/m0/s1. The highest BCUT2D eigenvalue weighted by atomic mass is 16.2. The zero-order valence-electron chi connectivity index (χ0n) is 10.2. The SMILES string of the molecule is CC(=O)CN1C(=O)C[C@H](c2ccccc2)[C@@H]1C. The van der Waals surface area contributed by atoms with E-state index in [1.165, 1.54) is 12.5 Å². The number of likely N-dealkylation sites (tertiary alicyclic amines) is 1. The average molecular weight is 231 g/mol. The Bertz CT molecular complexity index is 427. The van der Waals surface area contributed by atoms with Crippen LogP contribution in [0.1, 0.15) is 31.7 Å². The van der Waals surface area contributed by atoms with Crippen LogP contribution in [0.15, 0.2) is 30.3 Å². The number of Topliss-reactive ketones (excluding diaryl/α,β-unsaturated/α-hetero) is 1. The monoisotopic (exact) mass is 231 g/mol. The van der Waals surface area contributed by atoms with E-state index in [9.17, 15) is 9.59 Å². The third kappa shape index (κ3) is 2.38. The number of amides is 1. The van der Waals surface area contributed by atoms with E-state index >= 15 is 0 Å². The van der Waals surface area contributed by atoms with Crippen LogP contribution in [0.5, 0.6) is 0 Å². The molecule has 0 aromatic heterocycles. The largest absolute Gasteiger partial charge is 0.332 e. The summed E-state index contributed by atoms with van der Waals surface area (Å²) in [4.78, 5) is 24.7. The number of hydrogen-bond donors (Lipinski definition) is 0. The number of rotatable bonds is 3. The minimum Gasteiger partial charge on any atom is -0.332 e. The average Bonchev–Trinajstić information content (AvgIpc) is 2.58. The zero-order chi connectivity index (χ0) is 12.4. The summed E-state index contributed by atoms with van der Waals surface area (Å²) in [6.45, 7) is 3.78. The third-order valence-electron chi connectivity index (χ3n) is 3.41. The number of benzene rings is 1. The molecule has 1 heterocycles. The molecule has 2 atom stereocenters. The van der Waals surface area contributed by atoms with Crippen LogP contribution < -0.4 is 0 Å². The quantitative estimate of drug-likeness (QED) is 0.797. The van der Waals surface area contributed by atoms with Gasteiger partial charge in [0, 0.05) is 18.4 Å². The summed E-state index contributed by atoms with van der Waals surface area (Å²) in [6, 6.07) is 10.1. The van der Waals surface area contributed by atoms with Crippen LogP contribution in [0, 0.1) is 0 Å². The van der Waals surface area contributed by atoms with E-state index < -0.39 is 0 Å². The summed E-state index contributed by atoms with van der Waals surface area (Å²) in [5, 5.41) is 0. The molecule has 0 spiro atoms. The van der Waals surface area contributed by atoms with Gasteiger partial charge >= 0.3 is 0 Å². The van der Waals surface area contributed by atoms with Crippen molar-refractivity contribution in [2.45, 2.75) is 32.2 Å². The van der Waals surface area contributed by atoms with Crippen molar-refractivity contribution < 1.29 is 9.59 Å². The van der Waals surface area contributed by atoms with Crippen molar-refractivity contribution in [2.75, 3.05) is 6.54 Å². The van der Waals surface area contributed by atoms with Gasteiger partial charge in [0.1, 0.15) is 5.78 Å². The van der Waals surface area contributed by atoms with Gasteiger partial charge < -0.3 is 4.90 Å². The molecular formula is C14H17NO2. The summed E-state index contributed by atoms with van der Waals surface area (Å²) in [5.74, 6) is 0.337. The molecule has 1 aromatic rings. The first-order valence-corrected chi connectivity index (χ1v) is 5.93. The number of carbonyl (C=O) groups is 2. The van der Waals surface area contributed by atoms with Crippen LogP contribution in [-0.4, -0.2) is 29.2 Å². The second-order valence-corrected chi connectivity index (χ2v) is 4.69. The smallest absolute Gasteiger partial charge is 0.223 e. The third-order valence-corrected chi connectivity index (χ3v) is 3.41. The first kappa shape index (κ1) is 11.8. The maximum Gasteiger partial charge on any atom is 0.223 e. The molecule has 1 amide bonds. The topological polar surface area (TPSA) is 37.4 Å². The van der Waals surface area contributed by atoms with Gasteiger partial charge in [0.15, 0.2) is 0 Å². The number of ketones is 1. The molecule has 3 nitrogen and oxygen atoms in total. The fraction of sp³-hybridized carbons (Fsp3) is 0.429. The molecule has 0 aliphatic carbocycles. The van der Waals surface area contributed by atoms with Crippen molar-refractivity contribution >= 4 is 11.7 Å². The lowest BCUT2D eigenvalue weighted by atomic mass is 9.93. The Labute approximate surface area is 101 Å². The predicted molar refractivity (Wildman–Crippen MR) is 65.7 cm³/mol. The Morgan fingerprint density at radius 3 is 2.59 bits per heavy atom. The summed E-state index contributed by atoms with van der Waals surface area (Å²) in [6.07, 6.45) is 0.512. The van der Waals surface area contributed by atoms with Crippen molar-refractivity contribution in [3.63, 3.8) is 0 Å². The highest BCUT2D eigenvalue weighted by Gasteiger charge is 2.37. The van der Waals surface area contributed by atoms with Gasteiger partial charge in [-0.25, -0.2) is 0 Å². The lowest BCUT2D eigenvalue weighted by molar-refractivity contribution is -0.132. The van der Waals surface area contributed by atoms with Gasteiger partial charge in [0.25, 0.3) is 0 Å². The molecule has 0 unspecified atom stereocenters. The maximum atomic E-state index is 11.9. The fourth-order valence-electron chi connectivity index (χ4n) is 2.49. The summed E-state index contributed by atoms with van der Waals surface area (Å²) in [7, 11) is 0. The van der Waals surface area contributed by atoms with Crippen molar-refractivity contribution in [3.8, 4) is 0 Å². The molecule has 1 aliphatic rings. The van der Waals surface area contributed by atoms with Gasteiger partial charge in [-0.1, -0.05) is 30.3 Å². The molecular weight excluding hydrogens is 214 g/mol. The van der Waals surface area contributed by atoms with Crippen LogP contribution in [0.2, 0.25) is 0 Å². The molecule has 0 bridgehead atoms. The lowest BCUT2D eigenvalue weighted by Crippen LogP contribution is -2.36. The predicted octanol–water partition coefficient (Wildman–Crippen LogP) is 1.98. The van der Waals surface area contributed by atoms with Crippen LogP contribution in [0.3, 0.4) is 0 Å². The molecule has 2 rings (SSSR count). The second kappa shape index (κ2) is 4.70. The molecule has 17 heavy (non-hydrogen) atoms. The fourth-order valence-corrected chi connectivity index (χ4v) is 2.49. The highest BCUT2D eigenvalue weighted by Crippen LogP contribution is 2.33. The Kier molecular flexibility index (Phi) is 3.27. The summed E-state index contributed by atoms with van der Waals surface area (Å²) in [5.41, 5.74) is 1.18. The molecule has 1 aromatic carbocycles. The number of nitrogens with zero attached hydrogens (tertiary/aromatic N) is 1. The van der Waals surface area contributed by atoms with Crippen molar-refractivity contribution in [3.05, 3.63) is 35.9 Å². The highest BCUT2D eigenvalue weighted by molar-refractivity contribution is 5.87. The van der Waals surface area contributed by atoms with E-state index in [0.717, 1.165) is 0 Å². The van der Waals surface area contributed by atoms with Crippen LogP contribution >= 0.6 is 0 Å². The van der Waals surface area contributed by atoms with E-state index in [2.05, 4.69) is 0 Å². The van der Waals surface area contributed by atoms with Crippen molar-refractivity contribution in [1.29, 1.82) is 0 Å². The first-order valence-electron chi connectivity index (χ1n) is 5.93. The Morgan fingerprint density at radius 1 is 1.35 bits per heavy atom. The van der Waals surface area contributed by atoms with Gasteiger partial charge in [-0.3, -0.25) is 9.59 Å². The van der Waals surface area contributed by atoms with Crippen LogP contribution in [-0.2, 0) is 9.59 Å². The maximum absolute atomic E-state index is 11.9. The second-order valence-electron chi connectivity index (χ2n) is 4.69. The van der Waals surface area contributed by atoms with Gasteiger partial charge in [-0.15, -0.1) is 0 Å². The Balaban J connectivity index is 2.18. The van der Waals surface area contributed by atoms with E-state index in [4.69, 9.17) is 0 Å². The molecule has 90 valence electrons. The summed E-state index contributed by atoms with van der Waals surface area (Å²) >= 11 is 0. The van der Waals surface area contributed by atoms with Crippen LogP contribution in [0.25, 0.3) is 0 Å². The van der Waals surface area contributed by atoms with E-state index in [1.807, 2.05) is 37.3 Å². The van der Waals surface area contributed by atoms with E-state index in [-0.39, 0.29) is 30.2 Å². The van der Waals surface area contributed by atoms with E-state index in [0.29, 0.717) is 6.42 Å². The molecule has 0 radical (unpaired) electrons. The van der Waals surface area contributed by atoms with Gasteiger partial charge in [-0.2, -0.15) is 0 Å². The molecule has 1 saturated heterocycles. The van der Waals surface area contributed by atoms with Crippen molar-refractivity contribution in [2.24, 2.45) is 0 Å². The van der Waals surface area contributed by atoms with Gasteiger partial charge in [0.2, 0.25) is 5.91 Å². The lowest BCUT2D eigenvalue weighted by Gasteiger charge is -2.23. The first-order chi connectivity index (χ1) is 8.09. The normalized spacial score (nSPS) is 24.1. The number of carbonyl (C=O) groups excluding carboxylic acids is 2. The molecule has 0 N–H and O–H groups in total. The van der Waals surface area contributed by atoms with Crippen molar-refractivity contribution in [1.82, 2.24) is 4.90 Å². The Morgan fingerprint density at radius 2 is 2.00 bits per heavy atom. The number of hydrogen-bond acceptors (Lipinski definition) is 2. The molecule has 1 fully saturated rings. The Hall–Kier alpha value is -1.64. The minimum atomic E-state index is 0.0407. The van der Waals surface area contributed by atoms with Crippen LogP contribution in [0.4, 0.5) is 0 Å².